The lowest BCUT2D eigenvalue weighted by Gasteiger charge is -2.18. The molecule has 1 heterocycles. The first-order valence-corrected chi connectivity index (χ1v) is 7.11. The van der Waals surface area contributed by atoms with Crippen molar-refractivity contribution in [3.8, 4) is 17.5 Å². The number of methoxy groups -OCH3 is 1. The maximum absolute atomic E-state index is 13.7. The zero-order valence-corrected chi connectivity index (χ0v) is 12.4. The second kappa shape index (κ2) is 5.72. The van der Waals surface area contributed by atoms with Crippen LogP contribution in [0.2, 0.25) is 0 Å². The van der Waals surface area contributed by atoms with Gasteiger partial charge in [-0.1, -0.05) is 0 Å². The monoisotopic (exact) mass is 315 g/mol. The van der Waals surface area contributed by atoms with Crippen LogP contribution in [0.1, 0.15) is 23.2 Å². The zero-order valence-electron chi connectivity index (χ0n) is 12.4. The summed E-state index contributed by atoms with van der Waals surface area (Å²) in [5.41, 5.74) is 1.85. The molecule has 0 amide bonds. The molecule has 1 atom stereocenters. The van der Waals surface area contributed by atoms with Gasteiger partial charge in [0.05, 0.1) is 30.4 Å². The van der Waals surface area contributed by atoms with Gasteiger partial charge in [0.2, 0.25) is 0 Å². The Bertz CT molecular complexity index is 823. The molecule has 7 heteroatoms. The van der Waals surface area contributed by atoms with Crippen molar-refractivity contribution < 1.29 is 19.0 Å². The van der Waals surface area contributed by atoms with Crippen molar-refractivity contribution >= 4 is 5.97 Å². The minimum atomic E-state index is -0.875. The Labute approximate surface area is 131 Å². The number of aromatic hydroxyl groups is 1. The number of fused-ring (bicyclic) bond motifs is 1. The summed E-state index contributed by atoms with van der Waals surface area (Å²) >= 11 is 0. The van der Waals surface area contributed by atoms with Crippen LogP contribution in [0.4, 0.5) is 4.39 Å². The number of hydrogen-bond acceptors (Lipinski definition) is 5. The van der Waals surface area contributed by atoms with Crippen LogP contribution in [0.5, 0.6) is 5.75 Å². The fourth-order valence-electron chi connectivity index (χ4n) is 2.81. The number of aromatic nitrogens is 2. The molecule has 0 bridgehead atoms. The zero-order chi connectivity index (χ0) is 16.6. The maximum atomic E-state index is 13.7. The van der Waals surface area contributed by atoms with E-state index in [-0.39, 0.29) is 23.1 Å². The molecule has 2 aromatic rings. The van der Waals surface area contributed by atoms with Gasteiger partial charge in [-0.25, -0.2) is 9.07 Å². The summed E-state index contributed by atoms with van der Waals surface area (Å²) in [5, 5.41) is 23.2. The lowest BCUT2D eigenvalue weighted by Crippen LogP contribution is -2.23. The van der Waals surface area contributed by atoms with Gasteiger partial charge < -0.3 is 9.84 Å². The molecule has 0 radical (unpaired) electrons. The first-order valence-electron chi connectivity index (χ1n) is 7.11. The average Bonchev–Trinajstić information content (AvgIpc) is 2.99. The highest BCUT2D eigenvalue weighted by molar-refractivity contribution is 5.73. The molecule has 0 saturated carbocycles. The van der Waals surface area contributed by atoms with Crippen LogP contribution >= 0.6 is 0 Å². The summed E-state index contributed by atoms with van der Waals surface area (Å²) in [6.07, 6.45) is 3.44. The first kappa shape index (κ1) is 15.0. The summed E-state index contributed by atoms with van der Waals surface area (Å²) in [5.74, 6) is -1.95. The number of ether oxygens (including phenoxy) is 1. The number of carbonyl (C=O) groups excluding carboxylic acids is 1. The van der Waals surface area contributed by atoms with Crippen molar-refractivity contribution in [3.63, 3.8) is 0 Å². The Morgan fingerprint density at radius 3 is 3.04 bits per heavy atom. The predicted molar refractivity (Wildman–Crippen MR) is 77.4 cm³/mol. The molecule has 1 aliphatic carbocycles. The van der Waals surface area contributed by atoms with Crippen LogP contribution in [0, 0.1) is 23.1 Å². The van der Waals surface area contributed by atoms with Gasteiger partial charge in [-0.05, 0) is 30.5 Å². The lowest BCUT2D eigenvalue weighted by atomic mass is 9.88. The van der Waals surface area contributed by atoms with Crippen LogP contribution in [0.25, 0.3) is 5.69 Å². The predicted octanol–water partition coefficient (Wildman–Crippen LogP) is 1.87. The Hall–Kier alpha value is -2.88. The molecule has 0 spiro atoms. The highest BCUT2D eigenvalue weighted by atomic mass is 19.1. The quantitative estimate of drug-likeness (QED) is 0.855. The third kappa shape index (κ3) is 2.63. The molecule has 118 valence electrons. The van der Waals surface area contributed by atoms with Gasteiger partial charge in [-0.3, -0.25) is 4.79 Å². The smallest absolute Gasteiger partial charge is 0.309 e. The van der Waals surface area contributed by atoms with E-state index < -0.39 is 11.6 Å². The second-order valence-corrected chi connectivity index (χ2v) is 5.45. The lowest BCUT2D eigenvalue weighted by molar-refractivity contribution is -0.145. The first-order chi connectivity index (χ1) is 11.0. The van der Waals surface area contributed by atoms with E-state index >= 15 is 0 Å². The van der Waals surface area contributed by atoms with E-state index in [0.717, 1.165) is 11.6 Å². The summed E-state index contributed by atoms with van der Waals surface area (Å²) in [6, 6.07) is 4.18. The van der Waals surface area contributed by atoms with E-state index in [9.17, 15) is 14.3 Å². The van der Waals surface area contributed by atoms with Crippen molar-refractivity contribution in [3.05, 3.63) is 41.0 Å². The molecule has 3 rings (SSSR count). The van der Waals surface area contributed by atoms with Gasteiger partial charge in [-0.2, -0.15) is 10.4 Å². The second-order valence-electron chi connectivity index (χ2n) is 5.45. The standard InChI is InChI=1S/C16H14FN3O3/c1-23-16(22)10-2-3-11-8-20(19-13(11)6-10)14-5-9(7-18)4-12(17)15(14)21/h4-5,8,10,21H,2-3,6H2,1H3. The average molecular weight is 315 g/mol. The largest absolute Gasteiger partial charge is 0.503 e. The van der Waals surface area contributed by atoms with Gasteiger partial charge in [0.1, 0.15) is 5.69 Å². The van der Waals surface area contributed by atoms with Crippen LogP contribution in [-0.4, -0.2) is 28.0 Å². The third-order valence-electron chi connectivity index (χ3n) is 4.03. The number of phenols is 1. The van der Waals surface area contributed by atoms with Crippen molar-refractivity contribution in [2.45, 2.75) is 19.3 Å². The Kier molecular flexibility index (Phi) is 3.74. The number of phenolic OH excluding ortho intramolecular Hbond substituents is 1. The van der Waals surface area contributed by atoms with Crippen molar-refractivity contribution in [2.24, 2.45) is 5.92 Å². The van der Waals surface area contributed by atoms with E-state index in [1.54, 1.807) is 6.20 Å². The number of nitrogens with zero attached hydrogens (tertiary/aromatic N) is 3. The minimum Gasteiger partial charge on any atom is -0.503 e. The minimum absolute atomic E-state index is 0.0937. The molecular weight excluding hydrogens is 301 g/mol. The van der Waals surface area contributed by atoms with Crippen LogP contribution < -0.4 is 0 Å². The number of hydrogen-bond donors (Lipinski definition) is 1. The van der Waals surface area contributed by atoms with Crippen molar-refractivity contribution in [1.82, 2.24) is 9.78 Å². The highest BCUT2D eigenvalue weighted by Gasteiger charge is 2.28. The van der Waals surface area contributed by atoms with Crippen LogP contribution in [0.3, 0.4) is 0 Å². The fourth-order valence-corrected chi connectivity index (χ4v) is 2.81. The highest BCUT2D eigenvalue weighted by Crippen LogP contribution is 2.30. The van der Waals surface area contributed by atoms with Gasteiger partial charge >= 0.3 is 5.97 Å². The topological polar surface area (TPSA) is 88.1 Å². The Balaban J connectivity index is 1.99. The molecule has 0 fully saturated rings. The van der Waals surface area contributed by atoms with Crippen LogP contribution in [0.15, 0.2) is 18.3 Å². The molecule has 6 nitrogen and oxygen atoms in total. The molecule has 1 N–H and O–H groups in total. The molecule has 1 aromatic heterocycles. The Morgan fingerprint density at radius 2 is 2.35 bits per heavy atom. The maximum Gasteiger partial charge on any atom is 0.309 e. The number of nitriles is 1. The molecule has 1 aliphatic rings. The SMILES string of the molecule is COC(=O)C1CCc2cn(-c3cc(C#N)cc(F)c3O)nc2C1. The van der Waals surface area contributed by atoms with E-state index in [2.05, 4.69) is 5.10 Å². The van der Waals surface area contributed by atoms with Gasteiger partial charge in [0, 0.05) is 12.6 Å². The molecular formula is C16H14FN3O3. The fraction of sp³-hybridized carbons (Fsp3) is 0.312. The van der Waals surface area contributed by atoms with E-state index in [1.165, 1.54) is 17.9 Å². The number of benzene rings is 1. The van der Waals surface area contributed by atoms with Gasteiger partial charge in [0.15, 0.2) is 11.6 Å². The summed E-state index contributed by atoms with van der Waals surface area (Å²) in [4.78, 5) is 11.7. The summed E-state index contributed by atoms with van der Waals surface area (Å²) < 4.78 is 19.8. The van der Waals surface area contributed by atoms with Gasteiger partial charge in [0.25, 0.3) is 0 Å². The third-order valence-corrected chi connectivity index (χ3v) is 4.03. The van der Waals surface area contributed by atoms with E-state index in [1.807, 2.05) is 6.07 Å². The molecule has 1 aromatic carbocycles. The Morgan fingerprint density at radius 1 is 1.57 bits per heavy atom. The number of aryl methyl sites for hydroxylation is 1. The number of halogens is 1. The molecule has 0 aliphatic heterocycles. The van der Waals surface area contributed by atoms with E-state index in [4.69, 9.17) is 10.00 Å². The molecule has 23 heavy (non-hydrogen) atoms. The van der Waals surface area contributed by atoms with Crippen molar-refractivity contribution in [1.29, 1.82) is 5.26 Å². The molecule has 0 saturated heterocycles. The van der Waals surface area contributed by atoms with Gasteiger partial charge in [-0.15, -0.1) is 0 Å². The van der Waals surface area contributed by atoms with Crippen LogP contribution in [-0.2, 0) is 22.4 Å². The summed E-state index contributed by atoms with van der Waals surface area (Å²) in [6.45, 7) is 0. The number of rotatable bonds is 2. The normalized spacial score (nSPS) is 16.5. The van der Waals surface area contributed by atoms with Crippen molar-refractivity contribution in [2.75, 3.05) is 7.11 Å². The van der Waals surface area contributed by atoms with E-state index in [0.29, 0.717) is 25.0 Å². The number of carbonyl (C=O) groups is 1. The summed E-state index contributed by atoms with van der Waals surface area (Å²) in [7, 11) is 1.35. The number of esters is 1. The molecule has 1 unspecified atom stereocenters.